The molecule has 0 aliphatic rings. The molecule has 4 N–H and O–H groups in total. The van der Waals surface area contributed by atoms with Crippen LogP contribution < -0.4 is 11.1 Å². The van der Waals surface area contributed by atoms with Gasteiger partial charge in [0, 0.05) is 30.1 Å². The normalized spacial score (nSPS) is 10.8. The van der Waals surface area contributed by atoms with Gasteiger partial charge < -0.3 is 16.0 Å². The number of anilines is 2. The Morgan fingerprint density at radius 1 is 0.926 bits per heavy atom. The first kappa shape index (κ1) is 18.7. The van der Waals surface area contributed by atoms with E-state index in [1.54, 1.807) is 12.1 Å². The Hall–Kier alpha value is -3.08. The Kier molecular flexibility index (Phi) is 6.26. The van der Waals surface area contributed by atoms with Crippen LogP contribution in [-0.4, -0.2) is 16.7 Å². The molecule has 0 unspecified atom stereocenters. The topological polar surface area (TPSA) is 88.0 Å². The molecular formula is C22H25N3O2. The Labute approximate surface area is 159 Å². The number of hydrogen-bond donors (Lipinski definition) is 3. The lowest BCUT2D eigenvalue weighted by atomic mass is 10.0. The predicted octanol–water partition coefficient (Wildman–Crippen LogP) is 4.91. The summed E-state index contributed by atoms with van der Waals surface area (Å²) in [5.41, 5.74) is 8.79. The van der Waals surface area contributed by atoms with Gasteiger partial charge >= 0.3 is 0 Å². The number of benzene rings is 2. The number of amides is 1. The maximum atomic E-state index is 12.3. The molecule has 27 heavy (non-hydrogen) atoms. The molecule has 0 fully saturated rings. The number of Topliss-reactive ketones (excluding diaryl/α,β-unsaturated/α-hetero) is 1. The standard InChI is InChI=1S/C22H25N3O2/c23-18-7-5-6-8-19(18)25-22(27)10-4-2-1-3-9-21(26)17-12-11-16-13-14-24-20(16)15-17/h5-8,11-15,24H,1-4,9-10,23H2,(H,25,27). The molecular weight excluding hydrogens is 338 g/mol. The third-order valence-corrected chi connectivity index (χ3v) is 4.67. The van der Waals surface area contributed by atoms with Gasteiger partial charge in [-0.3, -0.25) is 9.59 Å². The highest BCUT2D eigenvalue weighted by Crippen LogP contribution is 2.18. The minimum atomic E-state index is -0.0248. The lowest BCUT2D eigenvalue weighted by Gasteiger charge is -2.07. The van der Waals surface area contributed by atoms with Gasteiger partial charge in [-0.25, -0.2) is 0 Å². The van der Waals surface area contributed by atoms with E-state index in [4.69, 9.17) is 5.73 Å². The third kappa shape index (κ3) is 5.20. The van der Waals surface area contributed by atoms with Crippen molar-refractivity contribution in [3.05, 3.63) is 60.3 Å². The summed E-state index contributed by atoms with van der Waals surface area (Å²) < 4.78 is 0. The van der Waals surface area contributed by atoms with Gasteiger partial charge in [0.05, 0.1) is 11.4 Å². The van der Waals surface area contributed by atoms with Crippen molar-refractivity contribution in [2.75, 3.05) is 11.1 Å². The summed E-state index contributed by atoms with van der Waals surface area (Å²) in [7, 11) is 0. The number of hydrogen-bond acceptors (Lipinski definition) is 3. The minimum absolute atomic E-state index is 0.0248. The summed E-state index contributed by atoms with van der Waals surface area (Å²) in [5, 5.41) is 3.95. The number of unbranched alkanes of at least 4 members (excludes halogenated alkanes) is 3. The fourth-order valence-electron chi connectivity index (χ4n) is 3.11. The van der Waals surface area contributed by atoms with Crippen molar-refractivity contribution in [3.63, 3.8) is 0 Å². The molecule has 5 heteroatoms. The molecule has 0 radical (unpaired) electrons. The zero-order valence-electron chi connectivity index (χ0n) is 15.3. The highest BCUT2D eigenvalue weighted by atomic mass is 16.1. The summed E-state index contributed by atoms with van der Waals surface area (Å²) in [4.78, 5) is 27.4. The van der Waals surface area contributed by atoms with E-state index in [-0.39, 0.29) is 11.7 Å². The SMILES string of the molecule is Nc1ccccc1NC(=O)CCCCCCC(=O)c1ccc2cc[nH]c2c1. The first-order valence-electron chi connectivity index (χ1n) is 9.38. The number of aromatic nitrogens is 1. The van der Waals surface area contributed by atoms with Crippen molar-refractivity contribution >= 4 is 34.0 Å². The number of H-pyrrole nitrogens is 1. The number of ketones is 1. The van der Waals surface area contributed by atoms with Crippen LogP contribution in [0.15, 0.2) is 54.7 Å². The molecule has 1 aromatic heterocycles. The molecule has 1 heterocycles. The van der Waals surface area contributed by atoms with Crippen molar-refractivity contribution in [1.29, 1.82) is 0 Å². The molecule has 3 rings (SSSR count). The van der Waals surface area contributed by atoms with E-state index in [2.05, 4.69) is 10.3 Å². The van der Waals surface area contributed by atoms with Crippen LogP contribution in [0.25, 0.3) is 10.9 Å². The maximum Gasteiger partial charge on any atom is 0.224 e. The molecule has 140 valence electrons. The summed E-state index contributed by atoms with van der Waals surface area (Å²) in [6, 6.07) is 15.0. The smallest absolute Gasteiger partial charge is 0.224 e. The van der Waals surface area contributed by atoms with Crippen LogP contribution in [0.4, 0.5) is 11.4 Å². The van der Waals surface area contributed by atoms with E-state index in [9.17, 15) is 9.59 Å². The quantitative estimate of drug-likeness (QED) is 0.287. The van der Waals surface area contributed by atoms with Gasteiger partial charge in [-0.15, -0.1) is 0 Å². The van der Waals surface area contributed by atoms with Crippen molar-refractivity contribution < 1.29 is 9.59 Å². The second kappa shape index (κ2) is 9.03. The largest absolute Gasteiger partial charge is 0.397 e. The van der Waals surface area contributed by atoms with Crippen LogP contribution in [0, 0.1) is 0 Å². The Balaban J connectivity index is 1.32. The van der Waals surface area contributed by atoms with Gasteiger partial charge in [0.1, 0.15) is 0 Å². The van der Waals surface area contributed by atoms with Gasteiger partial charge in [-0.1, -0.05) is 37.1 Å². The van der Waals surface area contributed by atoms with E-state index < -0.39 is 0 Å². The number of nitrogens with two attached hydrogens (primary N) is 1. The zero-order chi connectivity index (χ0) is 19.1. The van der Waals surface area contributed by atoms with Crippen LogP contribution in [0.3, 0.4) is 0 Å². The van der Waals surface area contributed by atoms with Gasteiger partial charge in [0.25, 0.3) is 0 Å². The Morgan fingerprint density at radius 3 is 2.52 bits per heavy atom. The van der Waals surface area contributed by atoms with E-state index in [1.807, 2.05) is 42.6 Å². The summed E-state index contributed by atoms with van der Waals surface area (Å²) in [6.45, 7) is 0. The average Bonchev–Trinajstić information content (AvgIpc) is 3.14. The summed E-state index contributed by atoms with van der Waals surface area (Å²) in [5.74, 6) is 0.145. The fourth-order valence-corrected chi connectivity index (χ4v) is 3.11. The lowest BCUT2D eigenvalue weighted by Crippen LogP contribution is -2.12. The monoisotopic (exact) mass is 363 g/mol. The van der Waals surface area contributed by atoms with Gasteiger partial charge in [0.15, 0.2) is 5.78 Å². The molecule has 0 spiro atoms. The number of aromatic amines is 1. The predicted molar refractivity (Wildman–Crippen MR) is 110 cm³/mol. The third-order valence-electron chi connectivity index (χ3n) is 4.67. The van der Waals surface area contributed by atoms with Gasteiger partial charge in [0.2, 0.25) is 5.91 Å². The number of para-hydroxylation sites is 2. The number of fused-ring (bicyclic) bond motifs is 1. The lowest BCUT2D eigenvalue weighted by molar-refractivity contribution is -0.116. The van der Waals surface area contributed by atoms with Crippen molar-refractivity contribution in [2.45, 2.75) is 38.5 Å². The van der Waals surface area contributed by atoms with E-state index in [0.29, 0.717) is 24.2 Å². The van der Waals surface area contributed by atoms with Crippen LogP contribution in [0.5, 0.6) is 0 Å². The first-order valence-corrected chi connectivity index (χ1v) is 9.38. The molecule has 0 atom stereocenters. The molecule has 0 bridgehead atoms. The molecule has 0 aliphatic carbocycles. The molecule has 0 aliphatic heterocycles. The highest BCUT2D eigenvalue weighted by Gasteiger charge is 2.08. The van der Waals surface area contributed by atoms with E-state index in [0.717, 1.165) is 42.1 Å². The van der Waals surface area contributed by atoms with Crippen LogP contribution in [-0.2, 0) is 4.79 Å². The second-order valence-corrected chi connectivity index (χ2v) is 6.75. The highest BCUT2D eigenvalue weighted by molar-refractivity contribution is 5.99. The summed E-state index contributed by atoms with van der Waals surface area (Å²) >= 11 is 0. The number of carbonyl (C=O) groups is 2. The molecule has 3 aromatic rings. The van der Waals surface area contributed by atoms with Gasteiger partial charge in [-0.2, -0.15) is 0 Å². The molecule has 1 amide bonds. The van der Waals surface area contributed by atoms with Gasteiger partial charge in [-0.05, 0) is 42.5 Å². The Bertz CT molecular complexity index is 930. The van der Waals surface area contributed by atoms with Crippen LogP contribution in [0.1, 0.15) is 48.9 Å². The van der Waals surface area contributed by atoms with Crippen LogP contribution in [0.2, 0.25) is 0 Å². The second-order valence-electron chi connectivity index (χ2n) is 6.75. The molecule has 0 saturated heterocycles. The first-order chi connectivity index (χ1) is 13.1. The average molecular weight is 363 g/mol. The van der Waals surface area contributed by atoms with Crippen molar-refractivity contribution in [1.82, 2.24) is 4.98 Å². The van der Waals surface area contributed by atoms with Crippen LogP contribution >= 0.6 is 0 Å². The number of nitrogens with one attached hydrogen (secondary N) is 2. The summed E-state index contributed by atoms with van der Waals surface area (Å²) in [6.07, 6.45) is 6.40. The van der Waals surface area contributed by atoms with Crippen molar-refractivity contribution in [3.8, 4) is 0 Å². The number of rotatable bonds is 9. The number of carbonyl (C=O) groups excluding carboxylic acids is 2. The number of nitrogen functional groups attached to an aromatic ring is 1. The molecule has 2 aromatic carbocycles. The zero-order valence-corrected chi connectivity index (χ0v) is 15.3. The van der Waals surface area contributed by atoms with E-state index in [1.165, 1.54) is 0 Å². The van der Waals surface area contributed by atoms with E-state index >= 15 is 0 Å². The maximum absolute atomic E-state index is 12.3. The fraction of sp³-hybridized carbons (Fsp3) is 0.273. The molecule has 5 nitrogen and oxygen atoms in total. The van der Waals surface area contributed by atoms with Crippen molar-refractivity contribution in [2.24, 2.45) is 0 Å². The minimum Gasteiger partial charge on any atom is -0.397 e. The Morgan fingerprint density at radius 2 is 1.70 bits per heavy atom. The molecule has 0 saturated carbocycles.